The van der Waals surface area contributed by atoms with Crippen LogP contribution in [0.2, 0.25) is 0 Å². The molecule has 2 saturated carbocycles. The largest absolute Gasteiger partial charge is 0.393 e. The first-order valence-electron chi connectivity index (χ1n) is 4.51. The van der Waals surface area contributed by atoms with Gasteiger partial charge in [0.25, 0.3) is 0 Å². The van der Waals surface area contributed by atoms with Gasteiger partial charge in [-0.3, -0.25) is 0 Å². The second-order valence-corrected chi connectivity index (χ2v) is 3.90. The van der Waals surface area contributed by atoms with E-state index in [0.717, 1.165) is 5.92 Å². The number of hydrogen-bond acceptors (Lipinski definition) is 1. The van der Waals surface area contributed by atoms with Gasteiger partial charge in [-0.1, -0.05) is 13.3 Å². The van der Waals surface area contributed by atoms with E-state index >= 15 is 0 Å². The summed E-state index contributed by atoms with van der Waals surface area (Å²) < 4.78 is 0. The van der Waals surface area contributed by atoms with Gasteiger partial charge in [0, 0.05) is 0 Å². The maximum atomic E-state index is 9.68. The highest BCUT2D eigenvalue weighted by molar-refractivity contribution is 4.95. The molecule has 0 aromatic carbocycles. The molecule has 2 fully saturated rings. The summed E-state index contributed by atoms with van der Waals surface area (Å²) in [6.07, 6.45) is 5.24. The molecule has 0 spiro atoms. The number of rotatable bonds is 1. The lowest BCUT2D eigenvalue weighted by Crippen LogP contribution is -2.26. The summed E-state index contributed by atoms with van der Waals surface area (Å²) in [5, 5.41) is 9.68. The van der Waals surface area contributed by atoms with E-state index in [1.807, 2.05) is 0 Å². The van der Waals surface area contributed by atoms with Crippen molar-refractivity contribution in [3.8, 4) is 0 Å². The molecule has 1 heteroatoms. The van der Waals surface area contributed by atoms with Crippen LogP contribution in [0.5, 0.6) is 0 Å². The van der Waals surface area contributed by atoms with Crippen molar-refractivity contribution in [1.82, 2.24) is 0 Å². The molecule has 1 nitrogen and oxygen atoms in total. The molecule has 2 aliphatic rings. The summed E-state index contributed by atoms with van der Waals surface area (Å²) >= 11 is 0. The zero-order valence-corrected chi connectivity index (χ0v) is 6.59. The lowest BCUT2D eigenvalue weighted by Gasteiger charge is -2.25. The second kappa shape index (κ2) is 2.23. The van der Waals surface area contributed by atoms with Gasteiger partial charge < -0.3 is 5.11 Å². The lowest BCUT2D eigenvalue weighted by molar-refractivity contribution is 0.0572. The van der Waals surface area contributed by atoms with E-state index < -0.39 is 0 Å². The summed E-state index contributed by atoms with van der Waals surface area (Å²) in [5.74, 6) is 2.21. The van der Waals surface area contributed by atoms with Crippen molar-refractivity contribution in [3.05, 3.63) is 0 Å². The van der Waals surface area contributed by atoms with Gasteiger partial charge in [-0.05, 0) is 37.0 Å². The fourth-order valence-electron chi connectivity index (χ4n) is 2.96. The van der Waals surface area contributed by atoms with Gasteiger partial charge in [-0.25, -0.2) is 0 Å². The van der Waals surface area contributed by atoms with Gasteiger partial charge in [0.05, 0.1) is 6.10 Å². The van der Waals surface area contributed by atoms with Crippen molar-refractivity contribution in [2.24, 2.45) is 17.8 Å². The topological polar surface area (TPSA) is 20.2 Å². The van der Waals surface area contributed by atoms with Crippen LogP contribution in [-0.2, 0) is 0 Å². The Morgan fingerprint density at radius 2 is 2.00 bits per heavy atom. The molecule has 4 unspecified atom stereocenters. The highest BCUT2D eigenvalue weighted by atomic mass is 16.3. The van der Waals surface area contributed by atoms with Crippen LogP contribution in [0.25, 0.3) is 0 Å². The molecule has 1 N–H and O–H groups in total. The Bertz CT molecular complexity index is 131. The van der Waals surface area contributed by atoms with Crippen LogP contribution in [0.1, 0.15) is 32.6 Å². The summed E-state index contributed by atoms with van der Waals surface area (Å²) in [4.78, 5) is 0. The standard InChI is InChI=1S/C9H16O/c1-2-8-6-3-4-7(5-6)9(8)10/h6-10H,2-5H2,1H3. The highest BCUT2D eigenvalue weighted by Crippen LogP contribution is 2.49. The van der Waals surface area contributed by atoms with Crippen molar-refractivity contribution in [1.29, 1.82) is 0 Å². The molecule has 4 atom stereocenters. The lowest BCUT2D eigenvalue weighted by atomic mass is 9.85. The molecule has 0 radical (unpaired) electrons. The van der Waals surface area contributed by atoms with Crippen molar-refractivity contribution >= 4 is 0 Å². The molecule has 0 heterocycles. The van der Waals surface area contributed by atoms with E-state index in [1.54, 1.807) is 0 Å². The van der Waals surface area contributed by atoms with Gasteiger partial charge in [0.1, 0.15) is 0 Å². The van der Waals surface area contributed by atoms with Gasteiger partial charge >= 0.3 is 0 Å². The SMILES string of the molecule is CCC1C2CCC(C2)C1O. The van der Waals surface area contributed by atoms with Crippen molar-refractivity contribution < 1.29 is 5.11 Å². The summed E-state index contributed by atoms with van der Waals surface area (Å²) in [7, 11) is 0. The first-order valence-corrected chi connectivity index (χ1v) is 4.51. The van der Waals surface area contributed by atoms with Gasteiger partial charge in [0.15, 0.2) is 0 Å². The third-order valence-electron chi connectivity index (χ3n) is 3.51. The minimum Gasteiger partial charge on any atom is -0.393 e. The average Bonchev–Trinajstić information content (AvgIpc) is 2.46. The summed E-state index contributed by atoms with van der Waals surface area (Å²) in [6, 6.07) is 0. The zero-order valence-electron chi connectivity index (χ0n) is 6.59. The summed E-state index contributed by atoms with van der Waals surface area (Å²) in [6.45, 7) is 2.20. The molecule has 2 aliphatic carbocycles. The van der Waals surface area contributed by atoms with Gasteiger partial charge in [-0.2, -0.15) is 0 Å². The van der Waals surface area contributed by atoms with Crippen LogP contribution in [0.15, 0.2) is 0 Å². The van der Waals surface area contributed by atoms with E-state index in [9.17, 15) is 5.11 Å². The quantitative estimate of drug-likeness (QED) is 0.589. The predicted octanol–water partition coefficient (Wildman–Crippen LogP) is 1.80. The van der Waals surface area contributed by atoms with Gasteiger partial charge in [0.2, 0.25) is 0 Å². The van der Waals surface area contributed by atoms with Crippen molar-refractivity contribution in [3.63, 3.8) is 0 Å². The normalized spacial score (nSPS) is 52.2. The van der Waals surface area contributed by atoms with Crippen LogP contribution in [0.4, 0.5) is 0 Å². The Hall–Kier alpha value is -0.0400. The molecule has 2 rings (SSSR count). The molecule has 0 amide bonds. The Balaban J connectivity index is 2.10. The molecule has 0 aromatic heterocycles. The Labute approximate surface area is 62.4 Å². The highest BCUT2D eigenvalue weighted by Gasteiger charge is 2.45. The average molecular weight is 140 g/mol. The number of fused-ring (bicyclic) bond motifs is 2. The van der Waals surface area contributed by atoms with E-state index in [2.05, 4.69) is 6.92 Å². The molecule has 0 saturated heterocycles. The maximum absolute atomic E-state index is 9.68. The summed E-state index contributed by atoms with van der Waals surface area (Å²) in [5.41, 5.74) is 0. The number of hydrogen-bond donors (Lipinski definition) is 1. The molecule has 0 aromatic rings. The third kappa shape index (κ3) is 0.731. The zero-order chi connectivity index (χ0) is 7.14. The molecule has 2 bridgehead atoms. The van der Waals surface area contributed by atoms with Crippen LogP contribution >= 0.6 is 0 Å². The van der Waals surface area contributed by atoms with Crippen LogP contribution in [-0.4, -0.2) is 11.2 Å². The van der Waals surface area contributed by atoms with Crippen LogP contribution in [0, 0.1) is 17.8 Å². The second-order valence-electron chi connectivity index (χ2n) is 3.90. The monoisotopic (exact) mass is 140 g/mol. The van der Waals surface area contributed by atoms with Crippen molar-refractivity contribution in [2.75, 3.05) is 0 Å². The molecular formula is C9H16O. The smallest absolute Gasteiger partial charge is 0.0599 e. The maximum Gasteiger partial charge on any atom is 0.0599 e. The Morgan fingerprint density at radius 3 is 2.40 bits per heavy atom. The first kappa shape index (κ1) is 6.66. The molecule has 10 heavy (non-hydrogen) atoms. The fourth-order valence-corrected chi connectivity index (χ4v) is 2.96. The van der Waals surface area contributed by atoms with Crippen LogP contribution in [0.3, 0.4) is 0 Å². The minimum absolute atomic E-state index is 0.0590. The van der Waals surface area contributed by atoms with E-state index in [-0.39, 0.29) is 6.10 Å². The minimum atomic E-state index is 0.0590. The van der Waals surface area contributed by atoms with Crippen LogP contribution < -0.4 is 0 Å². The fraction of sp³-hybridized carbons (Fsp3) is 1.00. The van der Waals surface area contributed by atoms with E-state index in [1.165, 1.54) is 25.7 Å². The predicted molar refractivity (Wildman–Crippen MR) is 40.6 cm³/mol. The molecule has 0 aliphatic heterocycles. The molecule has 58 valence electrons. The Morgan fingerprint density at radius 1 is 1.30 bits per heavy atom. The first-order chi connectivity index (χ1) is 4.83. The third-order valence-corrected chi connectivity index (χ3v) is 3.51. The van der Waals surface area contributed by atoms with E-state index in [0.29, 0.717) is 11.8 Å². The Kier molecular flexibility index (Phi) is 1.48. The van der Waals surface area contributed by atoms with Crippen molar-refractivity contribution in [2.45, 2.75) is 38.7 Å². The van der Waals surface area contributed by atoms with Gasteiger partial charge in [-0.15, -0.1) is 0 Å². The van der Waals surface area contributed by atoms with E-state index in [4.69, 9.17) is 0 Å². The number of aliphatic hydroxyl groups is 1. The molecular weight excluding hydrogens is 124 g/mol. The number of aliphatic hydroxyl groups excluding tert-OH is 1.